The zero-order valence-corrected chi connectivity index (χ0v) is 21.8. The van der Waals surface area contributed by atoms with Crippen LogP contribution >= 0.6 is 23.2 Å². The number of nitrogens with zero attached hydrogens (tertiary/aromatic N) is 4. The minimum atomic E-state index is -4.13. The van der Waals surface area contributed by atoms with E-state index < -0.39 is 10.0 Å². The number of ether oxygens (including phenoxy) is 1. The molecule has 182 valence electrons. The molecule has 4 aromatic rings. The van der Waals surface area contributed by atoms with Gasteiger partial charge in [0.15, 0.2) is 5.75 Å². The molecule has 0 fully saturated rings. The average Bonchev–Trinajstić information content (AvgIpc) is 3.15. The van der Waals surface area contributed by atoms with Gasteiger partial charge < -0.3 is 4.74 Å². The van der Waals surface area contributed by atoms with Crippen LogP contribution in [0, 0.1) is 6.92 Å². The lowest BCUT2D eigenvalue weighted by atomic mass is 9.95. The molecular formula is C24H23Cl2N5O3S. The minimum Gasteiger partial charge on any atom is -0.437 e. The number of rotatable bonds is 7. The Morgan fingerprint density at radius 1 is 1.06 bits per heavy atom. The molecule has 0 bridgehead atoms. The number of hydrogen-bond acceptors (Lipinski definition) is 6. The Hall–Kier alpha value is -3.14. The van der Waals surface area contributed by atoms with Crippen molar-refractivity contribution in [2.45, 2.75) is 31.6 Å². The van der Waals surface area contributed by atoms with Crippen LogP contribution in [0.2, 0.25) is 10.2 Å². The Morgan fingerprint density at radius 2 is 1.80 bits per heavy atom. The molecule has 4 rings (SSSR count). The maximum absolute atomic E-state index is 13.0. The third-order valence-corrected chi connectivity index (χ3v) is 7.47. The Balaban J connectivity index is 1.84. The molecule has 0 amide bonds. The molecular weight excluding hydrogens is 509 g/mol. The van der Waals surface area contributed by atoms with Crippen molar-refractivity contribution in [1.82, 2.24) is 19.7 Å². The Bertz CT molecular complexity index is 1480. The molecule has 0 aliphatic carbocycles. The van der Waals surface area contributed by atoms with Crippen LogP contribution in [-0.2, 0) is 17.1 Å². The van der Waals surface area contributed by atoms with Gasteiger partial charge in [-0.3, -0.25) is 4.68 Å². The van der Waals surface area contributed by atoms with Crippen molar-refractivity contribution in [3.63, 3.8) is 0 Å². The van der Waals surface area contributed by atoms with E-state index in [-0.39, 0.29) is 27.8 Å². The number of para-hydroxylation sites is 1. The van der Waals surface area contributed by atoms with Gasteiger partial charge in [0.05, 0.1) is 16.9 Å². The second kappa shape index (κ2) is 9.85. The first-order chi connectivity index (χ1) is 16.6. The van der Waals surface area contributed by atoms with Gasteiger partial charge in [-0.1, -0.05) is 73.4 Å². The van der Waals surface area contributed by atoms with Gasteiger partial charge in [-0.2, -0.15) is 10.1 Å². The lowest BCUT2D eigenvalue weighted by Crippen LogP contribution is -2.16. The van der Waals surface area contributed by atoms with E-state index in [4.69, 9.17) is 27.9 Å². The summed E-state index contributed by atoms with van der Waals surface area (Å²) in [5.74, 6) is 0.561. The summed E-state index contributed by atoms with van der Waals surface area (Å²) in [7, 11) is -2.59. The second-order valence-electron chi connectivity index (χ2n) is 8.17. The zero-order valence-electron chi connectivity index (χ0n) is 19.5. The van der Waals surface area contributed by atoms with E-state index in [1.807, 2.05) is 43.3 Å². The van der Waals surface area contributed by atoms with Crippen LogP contribution in [0.4, 0.5) is 5.95 Å². The van der Waals surface area contributed by atoms with E-state index in [0.29, 0.717) is 16.5 Å². The average molecular weight is 532 g/mol. The first-order valence-corrected chi connectivity index (χ1v) is 12.9. The van der Waals surface area contributed by atoms with Gasteiger partial charge in [-0.05, 0) is 30.0 Å². The van der Waals surface area contributed by atoms with Gasteiger partial charge in [0, 0.05) is 18.7 Å². The number of aryl methyl sites for hydroxylation is 2. The van der Waals surface area contributed by atoms with Crippen LogP contribution in [0.15, 0.2) is 59.6 Å². The molecule has 0 unspecified atom stereocenters. The van der Waals surface area contributed by atoms with Crippen molar-refractivity contribution in [2.75, 3.05) is 4.72 Å². The number of hydrogen-bond donors (Lipinski definition) is 1. The third kappa shape index (κ3) is 5.27. The van der Waals surface area contributed by atoms with Gasteiger partial charge in [0.1, 0.15) is 10.0 Å². The predicted octanol–water partition coefficient (Wildman–Crippen LogP) is 6.21. The van der Waals surface area contributed by atoms with Gasteiger partial charge in [0.2, 0.25) is 11.8 Å². The number of anilines is 1. The van der Waals surface area contributed by atoms with Gasteiger partial charge in [-0.15, -0.1) is 0 Å². The smallest absolute Gasteiger partial charge is 0.268 e. The Morgan fingerprint density at radius 3 is 2.46 bits per heavy atom. The summed E-state index contributed by atoms with van der Waals surface area (Å²) in [6, 6.07) is 14.8. The normalized spacial score (nSPS) is 11.6. The van der Waals surface area contributed by atoms with Crippen molar-refractivity contribution >= 4 is 39.2 Å². The topological polar surface area (TPSA) is 99.0 Å². The van der Waals surface area contributed by atoms with E-state index >= 15 is 0 Å². The molecule has 0 saturated heterocycles. The second-order valence-corrected chi connectivity index (χ2v) is 10.6. The molecule has 0 saturated carbocycles. The van der Waals surface area contributed by atoms with Crippen LogP contribution in [0.3, 0.4) is 0 Å². The van der Waals surface area contributed by atoms with Crippen molar-refractivity contribution in [2.24, 2.45) is 7.05 Å². The van der Waals surface area contributed by atoms with Crippen LogP contribution in [0.25, 0.3) is 11.3 Å². The standard InChI is InChI=1S/C24H23Cl2N5O3S/c1-14(2)16-9-5-6-10-17(16)19-12-21(34-22-15(3)8-7-11-18(22)25)29-24(28-19)30-35(32,33)20-13-27-31(4)23(20)26/h5-14H,1-4H3,(H,28,29,30). The molecule has 0 radical (unpaired) electrons. The van der Waals surface area contributed by atoms with Crippen LogP contribution in [-0.4, -0.2) is 28.2 Å². The highest BCUT2D eigenvalue weighted by Gasteiger charge is 2.24. The number of halogens is 2. The predicted molar refractivity (Wildman–Crippen MR) is 137 cm³/mol. The Labute approximate surface area is 214 Å². The molecule has 2 aromatic heterocycles. The quantitative estimate of drug-likeness (QED) is 0.304. The highest BCUT2D eigenvalue weighted by molar-refractivity contribution is 7.92. The molecule has 11 heteroatoms. The summed E-state index contributed by atoms with van der Waals surface area (Å²) in [6.45, 7) is 5.99. The molecule has 2 heterocycles. The summed E-state index contributed by atoms with van der Waals surface area (Å²) in [6.07, 6.45) is 1.16. The van der Waals surface area contributed by atoms with Crippen molar-refractivity contribution in [1.29, 1.82) is 0 Å². The molecule has 0 aliphatic rings. The minimum absolute atomic E-state index is 0.0398. The first-order valence-electron chi connectivity index (χ1n) is 10.7. The summed E-state index contributed by atoms with van der Waals surface area (Å²) >= 11 is 12.5. The molecule has 8 nitrogen and oxygen atoms in total. The van der Waals surface area contributed by atoms with Crippen molar-refractivity contribution < 1.29 is 13.2 Å². The van der Waals surface area contributed by atoms with Crippen LogP contribution in [0.5, 0.6) is 11.6 Å². The summed E-state index contributed by atoms with van der Waals surface area (Å²) in [4.78, 5) is 8.61. The lowest BCUT2D eigenvalue weighted by Gasteiger charge is -2.15. The van der Waals surface area contributed by atoms with E-state index in [1.165, 1.54) is 4.68 Å². The SMILES string of the molecule is Cc1cccc(Cl)c1Oc1cc(-c2ccccc2C(C)C)nc(NS(=O)(=O)c2cnn(C)c2Cl)n1. The van der Waals surface area contributed by atoms with Crippen molar-refractivity contribution in [3.8, 4) is 22.9 Å². The maximum atomic E-state index is 13.0. The van der Waals surface area contributed by atoms with E-state index in [0.717, 1.165) is 22.9 Å². The summed E-state index contributed by atoms with van der Waals surface area (Å²) < 4.78 is 35.8. The molecule has 0 aliphatic heterocycles. The fourth-order valence-electron chi connectivity index (χ4n) is 3.50. The molecule has 35 heavy (non-hydrogen) atoms. The van der Waals surface area contributed by atoms with Crippen LogP contribution in [0.1, 0.15) is 30.9 Å². The van der Waals surface area contributed by atoms with Crippen LogP contribution < -0.4 is 9.46 Å². The van der Waals surface area contributed by atoms with Gasteiger partial charge in [0.25, 0.3) is 10.0 Å². The number of nitrogens with one attached hydrogen (secondary N) is 1. The van der Waals surface area contributed by atoms with E-state index in [1.54, 1.807) is 19.2 Å². The van der Waals surface area contributed by atoms with Gasteiger partial charge in [-0.25, -0.2) is 18.1 Å². The zero-order chi connectivity index (χ0) is 25.3. The number of benzene rings is 2. The van der Waals surface area contributed by atoms with Gasteiger partial charge >= 0.3 is 0 Å². The number of aromatic nitrogens is 4. The third-order valence-electron chi connectivity index (χ3n) is 5.28. The highest BCUT2D eigenvalue weighted by Crippen LogP contribution is 2.35. The molecule has 0 atom stereocenters. The fourth-order valence-corrected chi connectivity index (χ4v) is 5.14. The monoisotopic (exact) mass is 531 g/mol. The Kier molecular flexibility index (Phi) is 7.02. The molecule has 1 N–H and O–H groups in total. The molecule has 2 aromatic carbocycles. The fraction of sp³-hybridized carbons (Fsp3) is 0.208. The highest BCUT2D eigenvalue weighted by atomic mass is 35.5. The molecule has 0 spiro atoms. The lowest BCUT2D eigenvalue weighted by molar-refractivity contribution is 0.459. The van der Waals surface area contributed by atoms with Crippen molar-refractivity contribution in [3.05, 3.63) is 76.0 Å². The summed E-state index contributed by atoms with van der Waals surface area (Å²) in [5, 5.41) is 4.26. The number of sulfonamides is 1. The largest absolute Gasteiger partial charge is 0.437 e. The van der Waals surface area contributed by atoms with E-state index in [9.17, 15) is 8.42 Å². The maximum Gasteiger partial charge on any atom is 0.268 e. The van der Waals surface area contributed by atoms with E-state index in [2.05, 4.69) is 33.6 Å². The first kappa shape index (κ1) is 25.0. The summed E-state index contributed by atoms with van der Waals surface area (Å²) in [5.41, 5.74) is 3.14.